The lowest BCUT2D eigenvalue weighted by Crippen LogP contribution is -2.51. The standard InChI is InChI=1S/C29H32ClN3O7S/c1-29(2,3)40-28(36)33-14-12-32(13-15-33)27(35)21-16-22(30)26(34)25(18-21)41(37,38)31-23-17-20(10-11-24(23)39-4)19-8-6-5-7-9-19/h5-11,16-18,31,34H,12-15H2,1-4H3. The topological polar surface area (TPSA) is 125 Å². The number of amides is 2. The summed E-state index contributed by atoms with van der Waals surface area (Å²) >= 11 is 6.19. The Hall–Kier alpha value is -3.96. The third kappa shape index (κ3) is 7.04. The van der Waals surface area contributed by atoms with E-state index < -0.39 is 38.3 Å². The van der Waals surface area contributed by atoms with Crippen molar-refractivity contribution in [2.24, 2.45) is 0 Å². The number of benzene rings is 3. The molecule has 1 saturated heterocycles. The second-order valence-corrected chi connectivity index (χ2v) is 12.5. The van der Waals surface area contributed by atoms with Gasteiger partial charge in [-0.05, 0) is 56.2 Å². The van der Waals surface area contributed by atoms with Crippen molar-refractivity contribution in [2.45, 2.75) is 31.3 Å². The molecule has 1 fully saturated rings. The number of carbonyl (C=O) groups is 2. The van der Waals surface area contributed by atoms with Crippen LogP contribution in [0.4, 0.5) is 10.5 Å². The molecule has 0 saturated carbocycles. The predicted molar refractivity (Wildman–Crippen MR) is 156 cm³/mol. The van der Waals surface area contributed by atoms with Crippen LogP contribution in [0.15, 0.2) is 65.6 Å². The number of hydrogen-bond donors (Lipinski definition) is 2. The Morgan fingerprint density at radius 1 is 0.927 bits per heavy atom. The van der Waals surface area contributed by atoms with Crippen LogP contribution in [0.5, 0.6) is 11.5 Å². The van der Waals surface area contributed by atoms with E-state index in [-0.39, 0.29) is 48.2 Å². The number of methoxy groups -OCH3 is 1. The summed E-state index contributed by atoms with van der Waals surface area (Å²) in [5.74, 6) is -0.923. The summed E-state index contributed by atoms with van der Waals surface area (Å²) in [6.45, 7) is 6.23. The Kier molecular flexibility index (Phi) is 8.69. The highest BCUT2D eigenvalue weighted by Crippen LogP contribution is 2.37. The largest absolute Gasteiger partial charge is 0.505 e. The van der Waals surface area contributed by atoms with Crippen molar-refractivity contribution >= 4 is 39.3 Å². The zero-order valence-electron chi connectivity index (χ0n) is 23.2. The maximum atomic E-state index is 13.5. The molecule has 3 aromatic carbocycles. The molecule has 1 aliphatic heterocycles. The van der Waals surface area contributed by atoms with E-state index in [1.165, 1.54) is 23.0 Å². The molecule has 0 aromatic heterocycles. The first-order valence-corrected chi connectivity index (χ1v) is 14.7. The van der Waals surface area contributed by atoms with Crippen molar-refractivity contribution in [1.82, 2.24) is 9.80 Å². The van der Waals surface area contributed by atoms with Gasteiger partial charge in [-0.1, -0.05) is 48.0 Å². The van der Waals surface area contributed by atoms with E-state index in [0.29, 0.717) is 0 Å². The molecule has 0 unspecified atom stereocenters. The van der Waals surface area contributed by atoms with Crippen LogP contribution in [0.2, 0.25) is 5.02 Å². The van der Waals surface area contributed by atoms with Gasteiger partial charge in [0, 0.05) is 31.7 Å². The molecule has 12 heteroatoms. The van der Waals surface area contributed by atoms with Crippen molar-refractivity contribution in [2.75, 3.05) is 38.0 Å². The highest BCUT2D eigenvalue weighted by atomic mass is 35.5. The molecule has 0 aliphatic carbocycles. The van der Waals surface area contributed by atoms with Gasteiger partial charge in [0.2, 0.25) is 0 Å². The number of phenolic OH excluding ortho intramolecular Hbond substituents is 1. The first-order valence-electron chi connectivity index (χ1n) is 12.8. The molecule has 1 aliphatic rings. The summed E-state index contributed by atoms with van der Waals surface area (Å²) in [6, 6.07) is 16.7. The summed E-state index contributed by atoms with van der Waals surface area (Å²) in [5.41, 5.74) is 1.07. The number of anilines is 1. The fraction of sp³-hybridized carbons (Fsp3) is 0.310. The number of rotatable bonds is 6. The number of ether oxygens (including phenoxy) is 2. The fourth-order valence-electron chi connectivity index (χ4n) is 4.30. The molecule has 0 bridgehead atoms. The monoisotopic (exact) mass is 601 g/mol. The van der Waals surface area contributed by atoms with E-state index in [1.807, 2.05) is 30.3 Å². The minimum atomic E-state index is -4.43. The van der Waals surface area contributed by atoms with Crippen LogP contribution in [-0.2, 0) is 14.8 Å². The average Bonchev–Trinajstić information content (AvgIpc) is 2.93. The van der Waals surface area contributed by atoms with Gasteiger partial charge in [0.1, 0.15) is 16.2 Å². The van der Waals surface area contributed by atoms with E-state index in [4.69, 9.17) is 21.1 Å². The van der Waals surface area contributed by atoms with Crippen molar-refractivity contribution < 1.29 is 32.6 Å². The minimum absolute atomic E-state index is 0.0242. The highest BCUT2D eigenvalue weighted by Gasteiger charge is 2.30. The summed E-state index contributed by atoms with van der Waals surface area (Å²) in [5, 5.41) is 10.3. The minimum Gasteiger partial charge on any atom is -0.505 e. The lowest BCUT2D eigenvalue weighted by molar-refractivity contribution is 0.0141. The van der Waals surface area contributed by atoms with Gasteiger partial charge < -0.3 is 24.4 Å². The normalized spacial score (nSPS) is 14.0. The molecule has 1 heterocycles. The molecule has 4 rings (SSSR count). The van der Waals surface area contributed by atoms with Crippen LogP contribution < -0.4 is 9.46 Å². The maximum absolute atomic E-state index is 13.5. The average molecular weight is 602 g/mol. The lowest BCUT2D eigenvalue weighted by Gasteiger charge is -2.35. The second kappa shape index (κ2) is 11.9. The molecule has 41 heavy (non-hydrogen) atoms. The Morgan fingerprint density at radius 3 is 2.17 bits per heavy atom. The third-order valence-corrected chi connectivity index (χ3v) is 8.00. The van der Waals surface area contributed by atoms with Gasteiger partial charge in [0.25, 0.3) is 15.9 Å². The number of hydrogen-bond acceptors (Lipinski definition) is 7. The van der Waals surface area contributed by atoms with Gasteiger partial charge in [-0.25, -0.2) is 13.2 Å². The summed E-state index contributed by atoms with van der Waals surface area (Å²) in [7, 11) is -3.02. The van der Waals surface area contributed by atoms with Crippen molar-refractivity contribution in [3.05, 3.63) is 71.2 Å². The Morgan fingerprint density at radius 2 is 1.56 bits per heavy atom. The molecule has 0 radical (unpaired) electrons. The lowest BCUT2D eigenvalue weighted by atomic mass is 10.1. The highest BCUT2D eigenvalue weighted by molar-refractivity contribution is 7.92. The zero-order chi connectivity index (χ0) is 29.9. The molecule has 218 valence electrons. The Bertz CT molecular complexity index is 1550. The molecule has 0 spiro atoms. The zero-order valence-corrected chi connectivity index (χ0v) is 24.8. The van der Waals surface area contributed by atoms with Gasteiger partial charge in [-0.2, -0.15) is 0 Å². The molecule has 3 aromatic rings. The van der Waals surface area contributed by atoms with Crippen LogP contribution in [0.1, 0.15) is 31.1 Å². The first-order chi connectivity index (χ1) is 19.3. The van der Waals surface area contributed by atoms with Crippen molar-refractivity contribution in [1.29, 1.82) is 0 Å². The molecule has 0 atom stereocenters. The smallest absolute Gasteiger partial charge is 0.410 e. The number of halogens is 1. The van der Waals surface area contributed by atoms with Crippen LogP contribution in [0, 0.1) is 0 Å². The number of nitrogens with one attached hydrogen (secondary N) is 1. The number of nitrogens with zero attached hydrogens (tertiary/aromatic N) is 2. The van der Waals surface area contributed by atoms with E-state index in [2.05, 4.69) is 4.72 Å². The molecular weight excluding hydrogens is 570 g/mol. The second-order valence-electron chi connectivity index (χ2n) is 10.5. The Balaban J connectivity index is 1.57. The molecule has 2 amide bonds. The SMILES string of the molecule is COc1ccc(-c2ccccc2)cc1NS(=O)(=O)c1cc(C(=O)N2CCN(C(=O)OC(C)(C)C)CC2)cc(Cl)c1O. The van der Waals surface area contributed by atoms with Crippen molar-refractivity contribution in [3.63, 3.8) is 0 Å². The predicted octanol–water partition coefficient (Wildman–Crippen LogP) is 5.21. The van der Waals surface area contributed by atoms with E-state index in [0.717, 1.165) is 17.2 Å². The maximum Gasteiger partial charge on any atom is 0.410 e. The van der Waals surface area contributed by atoms with Gasteiger partial charge in [-0.15, -0.1) is 0 Å². The first kappa shape index (κ1) is 30.0. The van der Waals surface area contributed by atoms with E-state index in [9.17, 15) is 23.1 Å². The van der Waals surface area contributed by atoms with Crippen LogP contribution in [0.25, 0.3) is 11.1 Å². The van der Waals surface area contributed by atoms with Crippen molar-refractivity contribution in [3.8, 4) is 22.6 Å². The number of piperazine rings is 1. The van der Waals surface area contributed by atoms with E-state index in [1.54, 1.807) is 39.0 Å². The quantitative estimate of drug-likeness (QED) is 0.397. The van der Waals surface area contributed by atoms with E-state index >= 15 is 0 Å². The summed E-state index contributed by atoms with van der Waals surface area (Å²) < 4.78 is 40.2. The Labute approximate surface area is 244 Å². The fourth-order valence-corrected chi connectivity index (χ4v) is 5.78. The van der Waals surface area contributed by atoms with Gasteiger partial charge in [0.05, 0.1) is 17.8 Å². The van der Waals surface area contributed by atoms with Gasteiger partial charge in [0.15, 0.2) is 5.75 Å². The summed E-state index contributed by atoms with van der Waals surface area (Å²) in [4.78, 5) is 28.1. The van der Waals surface area contributed by atoms with Gasteiger partial charge in [-0.3, -0.25) is 9.52 Å². The number of sulfonamides is 1. The number of phenols is 1. The molecular formula is C29H32ClN3O7S. The van der Waals surface area contributed by atoms with Crippen LogP contribution in [0.3, 0.4) is 0 Å². The number of carbonyl (C=O) groups excluding carboxylic acids is 2. The van der Waals surface area contributed by atoms with Crippen LogP contribution >= 0.6 is 11.6 Å². The van der Waals surface area contributed by atoms with Crippen LogP contribution in [-0.4, -0.2) is 74.2 Å². The molecule has 2 N–H and O–H groups in total. The molecule has 10 nitrogen and oxygen atoms in total. The number of aromatic hydroxyl groups is 1. The summed E-state index contributed by atoms with van der Waals surface area (Å²) in [6.07, 6.45) is -0.469. The third-order valence-electron chi connectivity index (χ3n) is 6.33. The van der Waals surface area contributed by atoms with Gasteiger partial charge >= 0.3 is 6.09 Å².